The van der Waals surface area contributed by atoms with Crippen molar-refractivity contribution in [1.82, 2.24) is 10.3 Å². The second-order valence-electron chi connectivity index (χ2n) is 5.02. The molecule has 2 rings (SSSR count). The van der Waals surface area contributed by atoms with E-state index in [1.54, 1.807) is 0 Å². The van der Waals surface area contributed by atoms with Gasteiger partial charge in [0.2, 0.25) is 0 Å². The summed E-state index contributed by atoms with van der Waals surface area (Å²) in [4.78, 5) is 16.6. The van der Waals surface area contributed by atoms with E-state index < -0.39 is 0 Å². The Morgan fingerprint density at radius 2 is 2.00 bits per heavy atom. The molecule has 0 saturated carbocycles. The van der Waals surface area contributed by atoms with Crippen LogP contribution >= 0.6 is 0 Å². The number of rotatable bonds is 5. The van der Waals surface area contributed by atoms with Gasteiger partial charge >= 0.3 is 0 Å². The molecule has 0 unspecified atom stereocenters. The van der Waals surface area contributed by atoms with Crippen LogP contribution in [-0.4, -0.2) is 17.4 Å². The summed E-state index contributed by atoms with van der Waals surface area (Å²) in [7, 11) is 0. The van der Waals surface area contributed by atoms with Gasteiger partial charge in [0.15, 0.2) is 0 Å². The molecule has 110 valence electrons. The maximum Gasteiger partial charge on any atom is 0.257 e. The van der Waals surface area contributed by atoms with Gasteiger partial charge in [-0.2, -0.15) is 0 Å². The van der Waals surface area contributed by atoms with Crippen molar-refractivity contribution in [3.05, 3.63) is 58.9 Å². The number of amides is 1. The predicted octanol–water partition coefficient (Wildman–Crippen LogP) is 3.06. The molecule has 2 N–H and O–H groups in total. The number of carbonyl (C=O) groups excluding carboxylic acids is 1. The first-order valence-electron chi connectivity index (χ1n) is 7.15. The molecule has 0 saturated heterocycles. The highest BCUT2D eigenvalue weighted by atomic mass is 16.1. The zero-order chi connectivity index (χ0) is 15.2. The van der Waals surface area contributed by atoms with Crippen LogP contribution in [0, 0.1) is 13.8 Å². The molecule has 2 aromatic rings. The van der Waals surface area contributed by atoms with Gasteiger partial charge in [-0.1, -0.05) is 19.1 Å². The summed E-state index contributed by atoms with van der Waals surface area (Å²) < 4.78 is 0. The zero-order valence-electron chi connectivity index (χ0n) is 12.7. The molecular formula is C17H21N3O. The fraction of sp³-hybridized carbons (Fsp3) is 0.294. The van der Waals surface area contributed by atoms with E-state index in [4.69, 9.17) is 0 Å². The molecule has 0 bridgehead atoms. The summed E-state index contributed by atoms with van der Waals surface area (Å²) in [6, 6.07) is 11.5. The minimum atomic E-state index is -0.124. The second-order valence-corrected chi connectivity index (χ2v) is 5.02. The van der Waals surface area contributed by atoms with Crippen LogP contribution in [0.25, 0.3) is 0 Å². The van der Waals surface area contributed by atoms with E-state index in [9.17, 15) is 4.79 Å². The predicted molar refractivity (Wildman–Crippen MR) is 85.5 cm³/mol. The third kappa shape index (κ3) is 4.13. The van der Waals surface area contributed by atoms with Crippen LogP contribution in [0.4, 0.5) is 5.69 Å². The molecule has 4 nitrogen and oxygen atoms in total. The molecule has 1 aromatic carbocycles. The van der Waals surface area contributed by atoms with E-state index in [0.717, 1.165) is 35.7 Å². The third-order valence-electron chi connectivity index (χ3n) is 3.23. The second kappa shape index (κ2) is 6.99. The molecule has 1 amide bonds. The van der Waals surface area contributed by atoms with E-state index in [1.807, 2.05) is 50.2 Å². The minimum absolute atomic E-state index is 0.124. The Labute approximate surface area is 125 Å². The van der Waals surface area contributed by atoms with Gasteiger partial charge in [0.25, 0.3) is 5.91 Å². The molecule has 21 heavy (non-hydrogen) atoms. The maximum absolute atomic E-state index is 12.3. The van der Waals surface area contributed by atoms with E-state index in [2.05, 4.69) is 22.5 Å². The van der Waals surface area contributed by atoms with Crippen LogP contribution < -0.4 is 10.6 Å². The molecule has 0 aliphatic carbocycles. The monoisotopic (exact) mass is 283 g/mol. The zero-order valence-corrected chi connectivity index (χ0v) is 12.7. The van der Waals surface area contributed by atoms with Gasteiger partial charge in [-0.25, -0.2) is 0 Å². The van der Waals surface area contributed by atoms with Gasteiger partial charge in [-0.3, -0.25) is 9.78 Å². The normalized spacial score (nSPS) is 10.4. The summed E-state index contributed by atoms with van der Waals surface area (Å²) in [6.07, 6.45) is 0. The molecule has 0 aliphatic rings. The lowest BCUT2D eigenvalue weighted by Crippen LogP contribution is -2.15. The van der Waals surface area contributed by atoms with Crippen LogP contribution in [0.2, 0.25) is 0 Å². The summed E-state index contributed by atoms with van der Waals surface area (Å²) in [6.45, 7) is 7.55. The average molecular weight is 283 g/mol. The Balaban J connectivity index is 2.12. The lowest BCUT2D eigenvalue weighted by Gasteiger charge is -2.09. The molecule has 4 heteroatoms. The number of benzene rings is 1. The number of carbonyl (C=O) groups is 1. The molecular weight excluding hydrogens is 262 g/mol. The number of nitrogens with zero attached hydrogens (tertiary/aromatic N) is 1. The summed E-state index contributed by atoms with van der Waals surface area (Å²) in [5.74, 6) is -0.124. The van der Waals surface area contributed by atoms with Crippen molar-refractivity contribution in [1.29, 1.82) is 0 Å². The maximum atomic E-state index is 12.3. The average Bonchev–Trinajstić information content (AvgIpc) is 2.45. The molecule has 0 aliphatic heterocycles. The van der Waals surface area contributed by atoms with Crippen molar-refractivity contribution in [2.24, 2.45) is 0 Å². The van der Waals surface area contributed by atoms with Crippen LogP contribution in [0.5, 0.6) is 0 Å². The Bertz CT molecular complexity index is 638. The van der Waals surface area contributed by atoms with Gasteiger partial charge in [-0.05, 0) is 50.2 Å². The summed E-state index contributed by atoms with van der Waals surface area (Å²) >= 11 is 0. The van der Waals surface area contributed by atoms with Crippen molar-refractivity contribution in [2.75, 3.05) is 11.9 Å². The number of nitrogens with one attached hydrogen (secondary N) is 2. The summed E-state index contributed by atoms with van der Waals surface area (Å²) in [5.41, 5.74) is 4.22. The Kier molecular flexibility index (Phi) is 5.06. The van der Waals surface area contributed by atoms with E-state index in [1.165, 1.54) is 0 Å². The lowest BCUT2D eigenvalue weighted by molar-refractivity contribution is 0.102. The fourth-order valence-electron chi connectivity index (χ4n) is 2.15. The number of hydrogen-bond acceptors (Lipinski definition) is 3. The number of hydrogen-bond donors (Lipinski definition) is 2. The van der Waals surface area contributed by atoms with Gasteiger partial charge < -0.3 is 10.6 Å². The molecule has 0 atom stereocenters. The third-order valence-corrected chi connectivity index (χ3v) is 3.23. The largest absolute Gasteiger partial charge is 0.322 e. The number of aryl methyl sites for hydroxylation is 2. The van der Waals surface area contributed by atoms with Crippen LogP contribution in [0.3, 0.4) is 0 Å². The smallest absolute Gasteiger partial charge is 0.257 e. The first-order chi connectivity index (χ1) is 10.1. The van der Waals surface area contributed by atoms with E-state index in [0.29, 0.717) is 5.56 Å². The SMILES string of the molecule is CCNCc1cccc(NC(=O)c2ccc(C)nc2C)c1. The number of pyridine rings is 1. The molecule has 1 aromatic heterocycles. The molecule has 1 heterocycles. The lowest BCUT2D eigenvalue weighted by atomic mass is 10.1. The summed E-state index contributed by atoms with van der Waals surface area (Å²) in [5, 5.41) is 6.20. The van der Waals surface area contributed by atoms with Gasteiger partial charge in [0.1, 0.15) is 0 Å². The Morgan fingerprint density at radius 1 is 1.19 bits per heavy atom. The number of aromatic nitrogens is 1. The van der Waals surface area contributed by atoms with Crippen LogP contribution in [0.15, 0.2) is 36.4 Å². The van der Waals surface area contributed by atoms with Gasteiger partial charge in [0.05, 0.1) is 11.3 Å². The van der Waals surface area contributed by atoms with Crippen molar-refractivity contribution >= 4 is 11.6 Å². The van der Waals surface area contributed by atoms with E-state index >= 15 is 0 Å². The fourth-order valence-corrected chi connectivity index (χ4v) is 2.15. The van der Waals surface area contributed by atoms with Gasteiger partial charge in [0, 0.05) is 17.9 Å². The first kappa shape index (κ1) is 15.2. The Morgan fingerprint density at radius 3 is 2.71 bits per heavy atom. The standard InChI is InChI=1S/C17H21N3O/c1-4-18-11-14-6-5-7-15(10-14)20-17(21)16-9-8-12(2)19-13(16)3/h5-10,18H,4,11H2,1-3H3,(H,20,21). The highest BCUT2D eigenvalue weighted by Crippen LogP contribution is 2.14. The van der Waals surface area contributed by atoms with Crippen molar-refractivity contribution in [2.45, 2.75) is 27.3 Å². The molecule has 0 spiro atoms. The first-order valence-corrected chi connectivity index (χ1v) is 7.15. The Hall–Kier alpha value is -2.20. The van der Waals surface area contributed by atoms with Crippen molar-refractivity contribution in [3.8, 4) is 0 Å². The molecule has 0 fully saturated rings. The van der Waals surface area contributed by atoms with Crippen LogP contribution in [0.1, 0.15) is 34.2 Å². The van der Waals surface area contributed by atoms with Gasteiger partial charge in [-0.15, -0.1) is 0 Å². The minimum Gasteiger partial charge on any atom is -0.322 e. The highest BCUT2D eigenvalue weighted by molar-refractivity contribution is 6.05. The van der Waals surface area contributed by atoms with Crippen LogP contribution in [-0.2, 0) is 6.54 Å². The number of anilines is 1. The van der Waals surface area contributed by atoms with Crippen molar-refractivity contribution in [3.63, 3.8) is 0 Å². The molecule has 0 radical (unpaired) electrons. The quantitative estimate of drug-likeness (QED) is 0.886. The van der Waals surface area contributed by atoms with E-state index in [-0.39, 0.29) is 5.91 Å². The highest BCUT2D eigenvalue weighted by Gasteiger charge is 2.10. The topological polar surface area (TPSA) is 54.0 Å². The van der Waals surface area contributed by atoms with Crippen molar-refractivity contribution < 1.29 is 4.79 Å².